The molecule has 0 bridgehead atoms. The largest absolute Gasteiger partial charge is 0.507 e. The van der Waals surface area contributed by atoms with Crippen molar-refractivity contribution < 1.29 is 30.6 Å². The SMILES string of the molecule is Cc1c(O)c(CO)cc(C(C)(c2ccccc2)c2cc(CO)c(O)c(C)c2O)c1O. The highest BCUT2D eigenvalue weighted by Crippen LogP contribution is 2.50. The van der Waals surface area contributed by atoms with Crippen LogP contribution in [0.4, 0.5) is 0 Å². The van der Waals surface area contributed by atoms with E-state index in [1.807, 2.05) is 30.3 Å². The number of rotatable bonds is 5. The second-order valence-corrected chi connectivity index (χ2v) is 7.62. The van der Waals surface area contributed by atoms with Crippen molar-refractivity contribution in [3.63, 3.8) is 0 Å². The number of aromatic hydroxyl groups is 4. The van der Waals surface area contributed by atoms with Gasteiger partial charge in [-0.15, -0.1) is 0 Å². The molecule has 158 valence electrons. The van der Waals surface area contributed by atoms with Crippen LogP contribution in [0.3, 0.4) is 0 Å². The third-order valence-corrected chi connectivity index (χ3v) is 5.95. The zero-order valence-corrected chi connectivity index (χ0v) is 17.1. The number of phenolic OH excluding ortho intramolecular Hbond substituents is 2. The van der Waals surface area contributed by atoms with Crippen molar-refractivity contribution in [3.8, 4) is 23.0 Å². The summed E-state index contributed by atoms with van der Waals surface area (Å²) in [7, 11) is 0. The molecule has 3 rings (SSSR count). The molecule has 3 aromatic carbocycles. The molecular formula is C24H26O6. The quantitative estimate of drug-likeness (QED) is 0.358. The maximum Gasteiger partial charge on any atom is 0.127 e. The fraction of sp³-hybridized carbons (Fsp3) is 0.250. The van der Waals surface area contributed by atoms with E-state index >= 15 is 0 Å². The Balaban J connectivity index is 2.49. The second kappa shape index (κ2) is 7.89. The van der Waals surface area contributed by atoms with Crippen molar-refractivity contribution in [1.82, 2.24) is 0 Å². The fourth-order valence-electron chi connectivity index (χ4n) is 3.96. The Morgan fingerprint density at radius 2 is 1.07 bits per heavy atom. The third-order valence-electron chi connectivity index (χ3n) is 5.95. The number of hydrogen-bond acceptors (Lipinski definition) is 6. The van der Waals surface area contributed by atoms with Gasteiger partial charge in [0.1, 0.15) is 23.0 Å². The average Bonchev–Trinajstić information content (AvgIpc) is 2.76. The van der Waals surface area contributed by atoms with E-state index in [4.69, 9.17) is 0 Å². The van der Waals surface area contributed by atoms with Gasteiger partial charge in [0.2, 0.25) is 0 Å². The minimum absolute atomic E-state index is 0.174. The highest BCUT2D eigenvalue weighted by Gasteiger charge is 2.38. The first-order valence-electron chi connectivity index (χ1n) is 9.55. The molecule has 0 heterocycles. The number of phenols is 4. The van der Waals surface area contributed by atoms with E-state index in [1.165, 1.54) is 12.1 Å². The summed E-state index contributed by atoms with van der Waals surface area (Å²) >= 11 is 0. The molecule has 0 saturated heterocycles. The first-order valence-corrected chi connectivity index (χ1v) is 9.55. The molecule has 6 N–H and O–H groups in total. The Bertz CT molecular complexity index is 1020. The van der Waals surface area contributed by atoms with Crippen molar-refractivity contribution in [3.05, 3.63) is 81.4 Å². The van der Waals surface area contributed by atoms with E-state index in [0.29, 0.717) is 11.1 Å². The van der Waals surface area contributed by atoms with Gasteiger partial charge in [-0.1, -0.05) is 30.3 Å². The minimum atomic E-state index is -1.14. The van der Waals surface area contributed by atoms with E-state index in [9.17, 15) is 30.6 Å². The Morgan fingerprint density at radius 3 is 1.43 bits per heavy atom. The van der Waals surface area contributed by atoms with Crippen molar-refractivity contribution in [1.29, 1.82) is 0 Å². The normalized spacial score (nSPS) is 11.6. The smallest absolute Gasteiger partial charge is 0.127 e. The molecule has 30 heavy (non-hydrogen) atoms. The summed E-state index contributed by atoms with van der Waals surface area (Å²) in [5.74, 6) is -0.744. The molecule has 0 aliphatic heterocycles. The molecule has 0 aromatic heterocycles. The van der Waals surface area contributed by atoms with Crippen LogP contribution < -0.4 is 0 Å². The Kier molecular flexibility index (Phi) is 5.65. The van der Waals surface area contributed by atoms with Gasteiger partial charge in [-0.25, -0.2) is 0 Å². The standard InChI is InChI=1S/C24H26O6/c1-13-20(27)15(11-25)9-18(22(13)29)24(3,17-7-5-4-6-8-17)19-10-16(12-26)21(28)14(2)23(19)30/h4-10,25-30H,11-12H2,1-3H3. The number of benzene rings is 3. The maximum atomic E-state index is 11.0. The lowest BCUT2D eigenvalue weighted by atomic mass is 9.69. The first-order chi connectivity index (χ1) is 14.2. The van der Waals surface area contributed by atoms with Crippen LogP contribution in [0.5, 0.6) is 23.0 Å². The van der Waals surface area contributed by atoms with Crippen LogP contribution in [-0.2, 0) is 18.6 Å². The third kappa shape index (κ3) is 3.14. The van der Waals surface area contributed by atoms with Crippen LogP contribution in [0, 0.1) is 13.8 Å². The lowest BCUT2D eigenvalue weighted by Gasteiger charge is -2.34. The summed E-state index contributed by atoms with van der Waals surface area (Å²) in [6.45, 7) is 4.00. The molecule has 0 radical (unpaired) electrons. The Labute approximate surface area is 175 Å². The predicted molar refractivity (Wildman–Crippen MR) is 113 cm³/mol. The van der Waals surface area contributed by atoms with Gasteiger partial charge < -0.3 is 30.6 Å². The number of aliphatic hydroxyl groups excluding tert-OH is 2. The highest BCUT2D eigenvalue weighted by atomic mass is 16.3. The van der Waals surface area contributed by atoms with Gasteiger partial charge in [0.15, 0.2) is 0 Å². The van der Waals surface area contributed by atoms with E-state index in [1.54, 1.807) is 20.8 Å². The van der Waals surface area contributed by atoms with Crippen molar-refractivity contribution >= 4 is 0 Å². The van der Waals surface area contributed by atoms with Crippen LogP contribution in [-0.4, -0.2) is 30.6 Å². The summed E-state index contributed by atoms with van der Waals surface area (Å²) in [6.07, 6.45) is 0. The molecule has 0 aliphatic carbocycles. The molecule has 0 atom stereocenters. The van der Waals surface area contributed by atoms with E-state index in [-0.39, 0.29) is 45.3 Å². The summed E-state index contributed by atoms with van der Waals surface area (Å²) in [4.78, 5) is 0. The van der Waals surface area contributed by atoms with Gasteiger partial charge in [0.05, 0.1) is 13.2 Å². The molecule has 0 spiro atoms. The van der Waals surface area contributed by atoms with Gasteiger partial charge in [0.25, 0.3) is 0 Å². The van der Waals surface area contributed by atoms with Crippen LogP contribution in [0.25, 0.3) is 0 Å². The predicted octanol–water partition coefficient (Wildman–Crippen LogP) is 3.46. The van der Waals surface area contributed by atoms with Crippen LogP contribution in [0.2, 0.25) is 0 Å². The Morgan fingerprint density at radius 1 is 0.667 bits per heavy atom. The monoisotopic (exact) mass is 410 g/mol. The van der Waals surface area contributed by atoms with Gasteiger partial charge >= 0.3 is 0 Å². The molecule has 6 nitrogen and oxygen atoms in total. The summed E-state index contributed by atoms with van der Waals surface area (Å²) in [5, 5.41) is 62.0. The molecular weight excluding hydrogens is 384 g/mol. The van der Waals surface area contributed by atoms with Crippen LogP contribution >= 0.6 is 0 Å². The highest BCUT2D eigenvalue weighted by molar-refractivity contribution is 5.66. The van der Waals surface area contributed by atoms with Crippen molar-refractivity contribution in [2.45, 2.75) is 39.4 Å². The maximum absolute atomic E-state index is 11.0. The van der Waals surface area contributed by atoms with Crippen molar-refractivity contribution in [2.24, 2.45) is 0 Å². The Hall–Kier alpha value is -3.22. The number of hydrogen-bond donors (Lipinski definition) is 6. The van der Waals surface area contributed by atoms with E-state index in [0.717, 1.165) is 5.56 Å². The fourth-order valence-corrected chi connectivity index (χ4v) is 3.96. The molecule has 0 amide bonds. The molecule has 0 aliphatic rings. The van der Waals surface area contributed by atoms with Gasteiger partial charge in [-0.2, -0.15) is 0 Å². The first kappa shape index (κ1) is 21.5. The molecule has 0 fully saturated rings. The topological polar surface area (TPSA) is 121 Å². The van der Waals surface area contributed by atoms with Crippen molar-refractivity contribution in [2.75, 3.05) is 0 Å². The number of aliphatic hydroxyl groups is 2. The summed E-state index contributed by atoms with van der Waals surface area (Å²) in [6, 6.07) is 12.2. The van der Waals surface area contributed by atoms with Gasteiger partial charge in [0, 0.05) is 38.8 Å². The average molecular weight is 410 g/mol. The van der Waals surface area contributed by atoms with Crippen LogP contribution in [0.15, 0.2) is 42.5 Å². The van der Waals surface area contributed by atoms with Crippen LogP contribution in [0.1, 0.15) is 45.9 Å². The van der Waals surface area contributed by atoms with E-state index in [2.05, 4.69) is 0 Å². The molecule has 6 heteroatoms. The second-order valence-electron chi connectivity index (χ2n) is 7.62. The van der Waals surface area contributed by atoms with Gasteiger partial charge in [-0.05, 0) is 38.5 Å². The van der Waals surface area contributed by atoms with Gasteiger partial charge in [-0.3, -0.25) is 0 Å². The summed E-state index contributed by atoms with van der Waals surface area (Å²) in [5.41, 5.74) is 1.18. The molecule has 0 unspecified atom stereocenters. The minimum Gasteiger partial charge on any atom is -0.507 e. The molecule has 0 saturated carbocycles. The lowest BCUT2D eigenvalue weighted by Crippen LogP contribution is -2.27. The zero-order valence-electron chi connectivity index (χ0n) is 17.1. The zero-order chi connectivity index (χ0) is 22.2. The summed E-state index contributed by atoms with van der Waals surface area (Å²) < 4.78 is 0. The molecule has 3 aromatic rings. The lowest BCUT2D eigenvalue weighted by molar-refractivity contribution is 0.274. The van der Waals surface area contributed by atoms with E-state index < -0.39 is 18.6 Å².